The summed E-state index contributed by atoms with van der Waals surface area (Å²) in [5.41, 5.74) is 0.633. The van der Waals surface area contributed by atoms with E-state index in [1.54, 1.807) is 12.1 Å². The molecule has 1 atom stereocenters. The number of halogens is 1. The van der Waals surface area contributed by atoms with Gasteiger partial charge in [-0.25, -0.2) is 0 Å². The van der Waals surface area contributed by atoms with Crippen LogP contribution in [0.1, 0.15) is 55.3 Å². The van der Waals surface area contributed by atoms with Gasteiger partial charge >= 0.3 is 0 Å². The predicted octanol–water partition coefficient (Wildman–Crippen LogP) is 3.26. The molecule has 2 amide bonds. The van der Waals surface area contributed by atoms with Crippen LogP contribution in [0.4, 0.5) is 0 Å². The summed E-state index contributed by atoms with van der Waals surface area (Å²) in [4.78, 5) is 32.8. The molecule has 7 heteroatoms. The van der Waals surface area contributed by atoms with Crippen LogP contribution in [-0.4, -0.2) is 84.9 Å². The molecule has 6 nitrogen and oxygen atoms in total. The zero-order valence-corrected chi connectivity index (χ0v) is 19.9. The van der Waals surface area contributed by atoms with Crippen LogP contribution in [0.2, 0.25) is 5.02 Å². The average molecular weight is 461 g/mol. The molecule has 3 aliphatic rings. The maximum absolute atomic E-state index is 13.3. The number of hydrogen-bond acceptors (Lipinski definition) is 4. The molecule has 0 aromatic heterocycles. The number of benzene rings is 1. The largest absolute Gasteiger partial charge is 0.353 e. The van der Waals surface area contributed by atoms with Crippen molar-refractivity contribution in [2.45, 2.75) is 51.0 Å². The molecule has 1 saturated carbocycles. The summed E-state index contributed by atoms with van der Waals surface area (Å²) in [5.74, 6) is 0.638. The lowest BCUT2D eigenvalue weighted by molar-refractivity contribution is -0.129. The Hall–Kier alpha value is -1.63. The van der Waals surface area contributed by atoms with Crippen molar-refractivity contribution in [1.29, 1.82) is 0 Å². The third-order valence-corrected chi connectivity index (χ3v) is 7.59. The zero-order chi connectivity index (χ0) is 22.3. The van der Waals surface area contributed by atoms with Gasteiger partial charge in [-0.1, -0.05) is 36.9 Å². The van der Waals surface area contributed by atoms with E-state index < -0.39 is 0 Å². The van der Waals surface area contributed by atoms with Gasteiger partial charge < -0.3 is 15.1 Å². The lowest BCUT2D eigenvalue weighted by Gasteiger charge is -2.41. The Morgan fingerprint density at radius 2 is 1.69 bits per heavy atom. The molecule has 1 N–H and O–H groups in total. The Balaban J connectivity index is 1.32. The van der Waals surface area contributed by atoms with Gasteiger partial charge in [-0.3, -0.25) is 14.5 Å². The van der Waals surface area contributed by atoms with Gasteiger partial charge in [0.25, 0.3) is 5.91 Å². The van der Waals surface area contributed by atoms with Gasteiger partial charge in [0, 0.05) is 49.9 Å². The van der Waals surface area contributed by atoms with Gasteiger partial charge in [0.1, 0.15) is 0 Å². The Kier molecular flexibility index (Phi) is 8.44. The molecule has 1 aromatic rings. The minimum atomic E-state index is -0.0673. The fraction of sp³-hybridized carbons (Fsp3) is 0.680. The number of nitrogens with zero attached hydrogens (tertiary/aromatic N) is 3. The first-order chi connectivity index (χ1) is 15.6. The standard InChI is InChI=1S/C25H37ClN4O2/c26-22-10-6-9-21(19-22)25(32)30-17-15-29(16-18-30)23(20-7-2-3-8-20)24(31)27-11-14-28-12-4-1-5-13-28/h6,9-10,19-20,23H,1-5,7-8,11-18H2,(H,27,31)/t23-/m1/s1. The van der Waals surface area contributed by atoms with Crippen molar-refractivity contribution in [3.8, 4) is 0 Å². The lowest BCUT2D eigenvalue weighted by atomic mass is 9.95. The van der Waals surface area contributed by atoms with Crippen LogP contribution < -0.4 is 5.32 Å². The highest BCUT2D eigenvalue weighted by Crippen LogP contribution is 2.31. The van der Waals surface area contributed by atoms with E-state index in [9.17, 15) is 9.59 Å². The summed E-state index contributed by atoms with van der Waals surface area (Å²) < 4.78 is 0. The second-order valence-corrected chi connectivity index (χ2v) is 9.96. The number of nitrogens with one attached hydrogen (secondary N) is 1. The number of carbonyl (C=O) groups excluding carboxylic acids is 2. The smallest absolute Gasteiger partial charge is 0.253 e. The number of likely N-dealkylation sites (tertiary alicyclic amines) is 1. The normalized spacial score (nSPS) is 22.1. The Bertz CT molecular complexity index is 769. The first-order valence-corrected chi connectivity index (χ1v) is 12.8. The van der Waals surface area contributed by atoms with Crippen molar-refractivity contribution in [2.24, 2.45) is 5.92 Å². The molecular weight excluding hydrogens is 424 g/mol. The van der Waals surface area contributed by atoms with Crippen LogP contribution in [0.5, 0.6) is 0 Å². The molecule has 32 heavy (non-hydrogen) atoms. The minimum absolute atomic E-state index is 0.0237. The van der Waals surface area contributed by atoms with Crippen molar-refractivity contribution >= 4 is 23.4 Å². The second kappa shape index (κ2) is 11.5. The number of amides is 2. The van der Waals surface area contributed by atoms with Crippen molar-refractivity contribution < 1.29 is 9.59 Å². The molecule has 4 rings (SSSR count). The van der Waals surface area contributed by atoms with Crippen LogP contribution in [0.3, 0.4) is 0 Å². The number of piperidine rings is 1. The van der Waals surface area contributed by atoms with E-state index in [0.717, 1.165) is 52.1 Å². The van der Waals surface area contributed by atoms with Gasteiger partial charge in [-0.2, -0.15) is 0 Å². The van der Waals surface area contributed by atoms with E-state index in [-0.39, 0.29) is 17.9 Å². The molecule has 2 aliphatic heterocycles. The quantitative estimate of drug-likeness (QED) is 0.678. The predicted molar refractivity (Wildman–Crippen MR) is 128 cm³/mol. The van der Waals surface area contributed by atoms with Crippen LogP contribution in [0.25, 0.3) is 0 Å². The SMILES string of the molecule is O=C(NCCN1CCCCC1)[C@@H](C1CCCC1)N1CCN(C(=O)c2cccc(Cl)c2)CC1. The average Bonchev–Trinajstić information content (AvgIpc) is 3.34. The fourth-order valence-electron chi connectivity index (χ4n) is 5.58. The van der Waals surface area contributed by atoms with Crippen molar-refractivity contribution in [3.05, 3.63) is 34.9 Å². The highest BCUT2D eigenvalue weighted by Gasteiger charge is 2.37. The van der Waals surface area contributed by atoms with Crippen LogP contribution in [0, 0.1) is 5.92 Å². The summed E-state index contributed by atoms with van der Waals surface area (Å²) in [6.07, 6.45) is 8.58. The molecule has 2 heterocycles. The number of rotatable bonds is 7. The first kappa shape index (κ1) is 23.5. The Labute approximate surface area is 197 Å². The van der Waals surface area contributed by atoms with Gasteiger partial charge in [0.15, 0.2) is 0 Å². The topological polar surface area (TPSA) is 55.9 Å². The van der Waals surface area contributed by atoms with Crippen molar-refractivity contribution in [2.75, 3.05) is 52.4 Å². The van der Waals surface area contributed by atoms with E-state index in [1.807, 2.05) is 17.0 Å². The summed E-state index contributed by atoms with van der Waals surface area (Å²) in [7, 11) is 0. The monoisotopic (exact) mass is 460 g/mol. The van der Waals surface area contributed by atoms with Gasteiger partial charge in [0.2, 0.25) is 5.91 Å². The van der Waals surface area contributed by atoms with Crippen molar-refractivity contribution in [3.63, 3.8) is 0 Å². The van der Waals surface area contributed by atoms with Crippen LogP contribution >= 0.6 is 11.6 Å². The molecule has 3 fully saturated rings. The van der Waals surface area contributed by atoms with Gasteiger partial charge in [-0.15, -0.1) is 0 Å². The number of piperazine rings is 1. The molecule has 0 radical (unpaired) electrons. The molecule has 0 spiro atoms. The Morgan fingerprint density at radius 3 is 2.38 bits per heavy atom. The molecule has 0 unspecified atom stereocenters. The molecule has 2 saturated heterocycles. The van der Waals surface area contributed by atoms with E-state index in [1.165, 1.54) is 32.1 Å². The van der Waals surface area contributed by atoms with Gasteiger partial charge in [-0.05, 0) is 62.9 Å². The highest BCUT2D eigenvalue weighted by atomic mass is 35.5. The third kappa shape index (κ3) is 6.03. The first-order valence-electron chi connectivity index (χ1n) is 12.4. The molecule has 1 aliphatic carbocycles. The van der Waals surface area contributed by atoms with Crippen molar-refractivity contribution in [1.82, 2.24) is 20.0 Å². The van der Waals surface area contributed by atoms with Crippen LogP contribution in [-0.2, 0) is 4.79 Å². The zero-order valence-electron chi connectivity index (χ0n) is 19.1. The molecule has 176 valence electrons. The van der Waals surface area contributed by atoms with E-state index in [4.69, 9.17) is 11.6 Å². The maximum Gasteiger partial charge on any atom is 0.253 e. The van der Waals surface area contributed by atoms with Crippen LogP contribution in [0.15, 0.2) is 24.3 Å². The summed E-state index contributed by atoms with van der Waals surface area (Å²) in [6.45, 7) is 6.78. The summed E-state index contributed by atoms with van der Waals surface area (Å²) in [5, 5.41) is 3.83. The van der Waals surface area contributed by atoms with E-state index in [0.29, 0.717) is 29.6 Å². The second-order valence-electron chi connectivity index (χ2n) is 9.52. The van der Waals surface area contributed by atoms with E-state index >= 15 is 0 Å². The highest BCUT2D eigenvalue weighted by molar-refractivity contribution is 6.30. The number of carbonyl (C=O) groups is 2. The maximum atomic E-state index is 13.3. The van der Waals surface area contributed by atoms with Gasteiger partial charge in [0.05, 0.1) is 6.04 Å². The molecule has 0 bridgehead atoms. The number of hydrogen-bond donors (Lipinski definition) is 1. The lowest BCUT2D eigenvalue weighted by Crippen LogP contribution is -2.58. The van der Waals surface area contributed by atoms with E-state index in [2.05, 4.69) is 15.1 Å². The molecular formula is C25H37ClN4O2. The summed E-state index contributed by atoms with van der Waals surface area (Å²) in [6, 6.07) is 7.08. The molecule has 1 aromatic carbocycles. The summed E-state index contributed by atoms with van der Waals surface area (Å²) >= 11 is 6.06. The Morgan fingerprint density at radius 1 is 0.969 bits per heavy atom. The fourth-order valence-corrected chi connectivity index (χ4v) is 5.77. The third-order valence-electron chi connectivity index (χ3n) is 7.36. The minimum Gasteiger partial charge on any atom is -0.353 e.